The van der Waals surface area contributed by atoms with Crippen LogP contribution in [0.5, 0.6) is 0 Å². The Hall–Kier alpha value is -6.36. The molecule has 7 aromatic rings. The van der Waals surface area contributed by atoms with Gasteiger partial charge in [0.25, 0.3) is 0 Å². The molecular weight excluding hydrogens is 753 g/mol. The van der Waals surface area contributed by atoms with Gasteiger partial charge in [0.15, 0.2) is 11.0 Å². The zero-order valence-corrected chi connectivity index (χ0v) is 34.0. The van der Waals surface area contributed by atoms with Crippen LogP contribution in [0.2, 0.25) is 0 Å². The molecular formula is C48H42N8S2. The summed E-state index contributed by atoms with van der Waals surface area (Å²) in [5.41, 5.74) is 9.78. The highest BCUT2D eigenvalue weighted by atomic mass is 32.2. The molecule has 0 amide bonds. The van der Waals surface area contributed by atoms with Crippen LogP contribution < -0.4 is 20.8 Å². The molecule has 8 nitrogen and oxygen atoms in total. The van der Waals surface area contributed by atoms with Crippen molar-refractivity contribution in [3.63, 3.8) is 0 Å². The maximum atomic E-state index is 5.40. The number of anilines is 2. The highest BCUT2D eigenvalue weighted by Gasteiger charge is 2.23. The molecule has 0 N–H and O–H groups in total. The van der Waals surface area contributed by atoms with Crippen LogP contribution >= 0.6 is 23.5 Å². The van der Waals surface area contributed by atoms with E-state index in [4.69, 9.17) is 10.2 Å². The molecule has 0 bridgehead atoms. The molecule has 286 valence electrons. The summed E-state index contributed by atoms with van der Waals surface area (Å²) in [5, 5.41) is 18.6. The Morgan fingerprint density at radius 1 is 0.517 bits per heavy atom. The van der Waals surface area contributed by atoms with Crippen LogP contribution in [-0.2, 0) is 0 Å². The minimum absolute atomic E-state index is 0.740. The third-order valence-electron chi connectivity index (χ3n) is 10.8. The molecule has 0 spiro atoms. The molecule has 3 aliphatic rings. The van der Waals surface area contributed by atoms with Crippen LogP contribution in [-0.4, -0.2) is 59.4 Å². The topological polar surface area (TPSA) is 47.5 Å². The van der Waals surface area contributed by atoms with E-state index in [-0.39, 0.29) is 0 Å². The fourth-order valence-electron chi connectivity index (χ4n) is 7.78. The Kier molecular flexibility index (Phi) is 9.64. The van der Waals surface area contributed by atoms with Gasteiger partial charge in [0.05, 0.1) is 53.1 Å². The van der Waals surface area contributed by atoms with E-state index in [1.807, 2.05) is 11.8 Å². The van der Waals surface area contributed by atoms with Gasteiger partial charge in [-0.05, 0) is 96.1 Å². The van der Waals surface area contributed by atoms with E-state index in [1.165, 1.54) is 36.6 Å². The fraction of sp³-hybridized carbons (Fsp3) is 0.125. The van der Waals surface area contributed by atoms with Gasteiger partial charge in [-0.15, -0.1) is 0 Å². The summed E-state index contributed by atoms with van der Waals surface area (Å²) in [6, 6.07) is 53.5. The monoisotopic (exact) mass is 794 g/mol. The van der Waals surface area contributed by atoms with Crippen LogP contribution in [0.1, 0.15) is 11.1 Å². The summed E-state index contributed by atoms with van der Waals surface area (Å²) >= 11 is 3.61. The highest BCUT2D eigenvalue weighted by Crippen LogP contribution is 2.46. The molecule has 10 rings (SSSR count). The predicted molar refractivity (Wildman–Crippen MR) is 241 cm³/mol. The molecule has 2 aromatic heterocycles. The number of thioether (sulfide) groups is 2. The van der Waals surface area contributed by atoms with Gasteiger partial charge in [-0.25, -0.2) is 0 Å². The first kappa shape index (κ1) is 36.0. The van der Waals surface area contributed by atoms with Crippen molar-refractivity contribution in [2.45, 2.75) is 9.79 Å². The van der Waals surface area contributed by atoms with Gasteiger partial charge in [-0.2, -0.15) is 10.2 Å². The predicted octanol–water partition coefficient (Wildman–Crippen LogP) is 9.45. The number of hydrogen-bond donors (Lipinski definition) is 0. The largest absolute Gasteiger partial charge is 0.338 e. The third kappa shape index (κ3) is 6.99. The smallest absolute Gasteiger partial charge is 0.158 e. The summed E-state index contributed by atoms with van der Waals surface area (Å²) in [6.45, 7) is 2.97. The van der Waals surface area contributed by atoms with Crippen LogP contribution in [0.25, 0.3) is 34.4 Å². The summed E-state index contributed by atoms with van der Waals surface area (Å²) in [5.74, 6) is 0. The second kappa shape index (κ2) is 15.5. The molecule has 3 aliphatic heterocycles. The van der Waals surface area contributed by atoms with Crippen molar-refractivity contribution in [3.05, 3.63) is 190 Å². The standard InChI is InChI=1S/C48H42N8S2/c1-51-41-21-11-13-23-43(41)57-47(51)32-35-25-26-55(37-15-5-3-6-16-37)45(31-35)49-53-27-29-54(30-28-53)50-46-33-36(34-48-52(2)42-22-12-14-24-44(42)58-48)39-19-9-10-20-40(39)56(46)38-17-7-4-8-18-38/h3-26,31-34H,27-30H2,1-2H3. The number of aromatic nitrogens is 2. The second-order valence-electron chi connectivity index (χ2n) is 14.5. The van der Waals surface area contributed by atoms with Crippen LogP contribution in [0, 0.1) is 0 Å². The first-order chi connectivity index (χ1) is 28.6. The van der Waals surface area contributed by atoms with E-state index in [0.29, 0.717) is 0 Å². The van der Waals surface area contributed by atoms with E-state index in [9.17, 15) is 0 Å². The number of fused-ring (bicyclic) bond motifs is 3. The van der Waals surface area contributed by atoms with E-state index < -0.39 is 0 Å². The van der Waals surface area contributed by atoms with Crippen molar-refractivity contribution in [3.8, 4) is 11.4 Å². The number of hydrogen-bond acceptors (Lipinski definition) is 8. The van der Waals surface area contributed by atoms with Crippen molar-refractivity contribution in [2.24, 2.45) is 10.2 Å². The fourth-order valence-corrected chi connectivity index (χ4v) is 9.99. The lowest BCUT2D eigenvalue weighted by Gasteiger charge is -2.31. The number of rotatable bonds is 6. The quantitative estimate of drug-likeness (QED) is 0.167. The van der Waals surface area contributed by atoms with Gasteiger partial charge >= 0.3 is 0 Å². The van der Waals surface area contributed by atoms with Gasteiger partial charge < -0.3 is 14.4 Å². The van der Waals surface area contributed by atoms with Crippen molar-refractivity contribution < 1.29 is 0 Å². The minimum atomic E-state index is 0.740. The molecule has 10 heteroatoms. The van der Waals surface area contributed by atoms with Crippen molar-refractivity contribution in [2.75, 3.05) is 50.1 Å². The van der Waals surface area contributed by atoms with E-state index in [1.54, 1.807) is 11.8 Å². The highest BCUT2D eigenvalue weighted by molar-refractivity contribution is 8.04. The van der Waals surface area contributed by atoms with Crippen molar-refractivity contribution in [1.29, 1.82) is 0 Å². The van der Waals surface area contributed by atoms with Gasteiger partial charge in [0, 0.05) is 46.8 Å². The number of piperazine rings is 1. The molecule has 0 radical (unpaired) electrons. The SMILES string of the molecule is CN1C(=Cc2ccn(-c3ccccc3)c(=NN3CCN(N=c4cc(C=C5Sc6ccccc6N5C)c5ccccc5n4-c4ccccc4)CC3)c2)Sc2ccccc21. The zero-order valence-electron chi connectivity index (χ0n) is 32.4. The van der Waals surface area contributed by atoms with Gasteiger partial charge in [-0.1, -0.05) is 102 Å². The molecule has 5 aromatic carbocycles. The maximum Gasteiger partial charge on any atom is 0.158 e. The van der Waals surface area contributed by atoms with E-state index in [0.717, 1.165) is 65.2 Å². The number of benzene rings is 5. The minimum Gasteiger partial charge on any atom is -0.338 e. The van der Waals surface area contributed by atoms with Gasteiger partial charge in [0.1, 0.15) is 0 Å². The first-order valence-corrected chi connectivity index (χ1v) is 21.2. The van der Waals surface area contributed by atoms with Crippen LogP contribution in [0.3, 0.4) is 0 Å². The maximum absolute atomic E-state index is 5.40. The lowest BCUT2D eigenvalue weighted by atomic mass is 10.1. The lowest BCUT2D eigenvalue weighted by molar-refractivity contribution is 0.130. The summed E-state index contributed by atoms with van der Waals surface area (Å²) in [7, 11) is 4.29. The van der Waals surface area contributed by atoms with Crippen molar-refractivity contribution >= 4 is 58.0 Å². The Morgan fingerprint density at radius 3 is 1.69 bits per heavy atom. The van der Waals surface area contributed by atoms with Crippen molar-refractivity contribution in [1.82, 2.24) is 19.2 Å². The van der Waals surface area contributed by atoms with Crippen LogP contribution in [0.4, 0.5) is 11.4 Å². The molecule has 0 aliphatic carbocycles. The molecule has 0 unspecified atom stereocenters. The first-order valence-electron chi connectivity index (χ1n) is 19.6. The van der Waals surface area contributed by atoms with Gasteiger partial charge in [-0.3, -0.25) is 14.6 Å². The summed E-state index contributed by atoms with van der Waals surface area (Å²) in [6.07, 6.45) is 6.70. The molecule has 0 saturated carbocycles. The number of para-hydroxylation sites is 5. The van der Waals surface area contributed by atoms with Gasteiger partial charge in [0.2, 0.25) is 0 Å². The van der Waals surface area contributed by atoms with E-state index >= 15 is 0 Å². The molecule has 5 heterocycles. The Morgan fingerprint density at radius 2 is 1.05 bits per heavy atom. The zero-order chi connectivity index (χ0) is 39.0. The molecule has 1 saturated heterocycles. The summed E-state index contributed by atoms with van der Waals surface area (Å²) in [4.78, 5) is 7.09. The number of pyridine rings is 2. The average Bonchev–Trinajstić information content (AvgIpc) is 3.76. The molecule has 1 fully saturated rings. The summed E-state index contributed by atoms with van der Waals surface area (Å²) < 4.78 is 4.46. The Balaban J connectivity index is 0.990. The third-order valence-corrected chi connectivity index (χ3v) is 13.1. The average molecular weight is 795 g/mol. The normalized spacial score (nSPS) is 17.2. The lowest BCUT2D eigenvalue weighted by Crippen LogP contribution is -2.44. The molecule has 0 atom stereocenters. The van der Waals surface area contributed by atoms with Crippen LogP contribution in [0.15, 0.2) is 188 Å². The molecule has 58 heavy (non-hydrogen) atoms. The second-order valence-corrected chi connectivity index (χ2v) is 16.6. The number of nitrogens with zero attached hydrogens (tertiary/aromatic N) is 8. The van der Waals surface area contributed by atoms with E-state index in [2.05, 4.69) is 213 Å². The Labute approximate surface area is 347 Å². The Bertz CT molecular complexity index is 2850.